The molecule has 1 rings (SSSR count). The van der Waals surface area contributed by atoms with Gasteiger partial charge in [-0.3, -0.25) is 4.79 Å². The van der Waals surface area contributed by atoms with Crippen LogP contribution in [-0.4, -0.2) is 5.24 Å². The molecule has 4 heteroatoms. The van der Waals surface area contributed by atoms with Crippen molar-refractivity contribution in [3.63, 3.8) is 0 Å². The molecule has 0 bridgehead atoms. The van der Waals surface area contributed by atoms with E-state index in [0.717, 1.165) is 5.56 Å². The predicted octanol–water partition coefficient (Wildman–Crippen LogP) is 3.09. The van der Waals surface area contributed by atoms with Crippen LogP contribution in [0.1, 0.15) is 15.2 Å². The Labute approximate surface area is 72.6 Å². The molecule has 0 N–H and O–H groups in total. The second-order valence-electron chi connectivity index (χ2n) is 1.84. The van der Waals surface area contributed by atoms with Crippen LogP contribution in [-0.2, 0) is 0 Å². The maximum Gasteiger partial charge on any atom is 0.262 e. The third kappa shape index (κ3) is 1.51. The molecule has 0 spiro atoms. The first-order valence-electron chi connectivity index (χ1n) is 2.57. The number of aryl methyl sites for hydroxylation is 1. The lowest BCUT2D eigenvalue weighted by atomic mass is 10.3. The van der Waals surface area contributed by atoms with E-state index in [-0.39, 0.29) is 0 Å². The predicted molar refractivity (Wildman–Crippen MR) is 44.2 cm³/mol. The molecule has 10 heavy (non-hydrogen) atoms. The van der Waals surface area contributed by atoms with Gasteiger partial charge in [-0.1, -0.05) is 11.6 Å². The molecule has 0 saturated heterocycles. The van der Waals surface area contributed by atoms with Crippen molar-refractivity contribution >= 4 is 39.8 Å². The van der Waals surface area contributed by atoms with E-state index in [4.69, 9.17) is 23.2 Å². The highest BCUT2D eigenvalue weighted by Crippen LogP contribution is 2.27. The van der Waals surface area contributed by atoms with Crippen molar-refractivity contribution in [3.8, 4) is 0 Å². The van der Waals surface area contributed by atoms with Crippen molar-refractivity contribution in [2.45, 2.75) is 6.92 Å². The molecule has 1 nitrogen and oxygen atoms in total. The summed E-state index contributed by atoms with van der Waals surface area (Å²) in [5.41, 5.74) is 0.899. The first-order valence-corrected chi connectivity index (χ1v) is 4.14. The van der Waals surface area contributed by atoms with Crippen molar-refractivity contribution in [1.82, 2.24) is 0 Å². The number of hydrogen-bond acceptors (Lipinski definition) is 2. The molecular weight excluding hydrogens is 191 g/mol. The smallest absolute Gasteiger partial charge is 0.262 e. The zero-order valence-electron chi connectivity index (χ0n) is 5.15. The normalized spacial score (nSPS) is 9.90. The Morgan fingerprint density at radius 2 is 2.30 bits per heavy atom. The van der Waals surface area contributed by atoms with Crippen LogP contribution in [0.5, 0.6) is 0 Å². The minimum Gasteiger partial charge on any atom is -0.275 e. The van der Waals surface area contributed by atoms with E-state index >= 15 is 0 Å². The Morgan fingerprint density at radius 1 is 1.70 bits per heavy atom. The average molecular weight is 195 g/mol. The van der Waals surface area contributed by atoms with Gasteiger partial charge in [0.15, 0.2) is 0 Å². The van der Waals surface area contributed by atoms with Gasteiger partial charge in [0.05, 0.1) is 9.21 Å². The molecule has 1 aromatic rings. The van der Waals surface area contributed by atoms with Gasteiger partial charge in [-0.05, 0) is 30.2 Å². The maximum absolute atomic E-state index is 10.5. The fraction of sp³-hybridized carbons (Fsp3) is 0.167. The van der Waals surface area contributed by atoms with Gasteiger partial charge in [0, 0.05) is 0 Å². The van der Waals surface area contributed by atoms with Crippen molar-refractivity contribution in [1.29, 1.82) is 0 Å². The summed E-state index contributed by atoms with van der Waals surface area (Å²) in [5.74, 6) is 0. The molecule has 0 aliphatic rings. The highest BCUT2D eigenvalue weighted by molar-refractivity contribution is 7.19. The van der Waals surface area contributed by atoms with Crippen LogP contribution < -0.4 is 0 Å². The first-order chi connectivity index (χ1) is 4.61. The summed E-state index contributed by atoms with van der Waals surface area (Å²) in [6.07, 6.45) is 0. The summed E-state index contributed by atoms with van der Waals surface area (Å²) in [4.78, 5) is 11.0. The van der Waals surface area contributed by atoms with Crippen LogP contribution in [0.25, 0.3) is 0 Å². The Morgan fingerprint density at radius 3 is 2.50 bits per heavy atom. The van der Waals surface area contributed by atoms with Gasteiger partial charge >= 0.3 is 0 Å². The molecule has 54 valence electrons. The molecule has 0 saturated carbocycles. The quantitative estimate of drug-likeness (QED) is 0.629. The molecular formula is C6H4Cl2OS. The second-order valence-corrected chi connectivity index (χ2v) is 3.84. The van der Waals surface area contributed by atoms with Crippen LogP contribution in [0.2, 0.25) is 4.34 Å². The summed E-state index contributed by atoms with van der Waals surface area (Å²) >= 11 is 12.1. The molecule has 0 aliphatic heterocycles. The molecule has 0 aliphatic carbocycles. The molecule has 1 heterocycles. The topological polar surface area (TPSA) is 17.1 Å². The van der Waals surface area contributed by atoms with E-state index in [2.05, 4.69) is 0 Å². The van der Waals surface area contributed by atoms with Crippen LogP contribution in [0.4, 0.5) is 0 Å². The molecule has 0 aromatic carbocycles. The number of thiophene rings is 1. The molecule has 0 amide bonds. The van der Waals surface area contributed by atoms with Crippen molar-refractivity contribution in [2.75, 3.05) is 0 Å². The van der Waals surface area contributed by atoms with Gasteiger partial charge in [-0.2, -0.15) is 0 Å². The third-order valence-corrected chi connectivity index (χ3v) is 2.92. The fourth-order valence-electron chi connectivity index (χ4n) is 0.557. The average Bonchev–Trinajstić information content (AvgIpc) is 2.13. The monoisotopic (exact) mass is 194 g/mol. The SMILES string of the molecule is Cc1cc(C(=O)Cl)sc1Cl. The van der Waals surface area contributed by atoms with E-state index < -0.39 is 5.24 Å². The number of carbonyl (C=O) groups is 1. The Kier molecular flexibility index (Phi) is 2.34. The number of carbonyl (C=O) groups excluding carboxylic acids is 1. The Hall–Kier alpha value is -0.0500. The lowest BCUT2D eigenvalue weighted by Gasteiger charge is -1.77. The van der Waals surface area contributed by atoms with Crippen LogP contribution >= 0.6 is 34.5 Å². The lowest BCUT2D eigenvalue weighted by Crippen LogP contribution is -1.79. The zero-order chi connectivity index (χ0) is 7.72. The van der Waals surface area contributed by atoms with E-state index in [1.54, 1.807) is 6.07 Å². The molecule has 1 aromatic heterocycles. The Balaban J connectivity index is 3.10. The van der Waals surface area contributed by atoms with Gasteiger partial charge < -0.3 is 0 Å². The lowest BCUT2D eigenvalue weighted by molar-refractivity contribution is 0.108. The molecule has 0 radical (unpaired) electrons. The zero-order valence-corrected chi connectivity index (χ0v) is 7.48. The maximum atomic E-state index is 10.5. The highest BCUT2D eigenvalue weighted by atomic mass is 35.5. The van der Waals surface area contributed by atoms with E-state index in [9.17, 15) is 4.79 Å². The molecule has 0 fully saturated rings. The standard InChI is InChI=1S/C6H4Cl2OS/c1-3-2-4(5(7)9)10-6(3)8/h2H,1H3. The largest absolute Gasteiger partial charge is 0.275 e. The van der Waals surface area contributed by atoms with Gasteiger partial charge in [0.2, 0.25) is 0 Å². The fourth-order valence-corrected chi connectivity index (χ4v) is 1.76. The van der Waals surface area contributed by atoms with Crippen molar-refractivity contribution in [3.05, 3.63) is 20.8 Å². The summed E-state index contributed by atoms with van der Waals surface area (Å²) in [6, 6.07) is 1.68. The first kappa shape index (κ1) is 8.05. The second kappa shape index (κ2) is 2.91. The van der Waals surface area contributed by atoms with Crippen molar-refractivity contribution in [2.24, 2.45) is 0 Å². The van der Waals surface area contributed by atoms with Crippen LogP contribution in [0.3, 0.4) is 0 Å². The third-order valence-electron chi connectivity index (χ3n) is 1.05. The minimum atomic E-state index is -0.444. The van der Waals surface area contributed by atoms with E-state index in [1.807, 2.05) is 6.92 Å². The van der Waals surface area contributed by atoms with Gasteiger partial charge in [-0.15, -0.1) is 11.3 Å². The summed E-state index contributed by atoms with van der Waals surface area (Å²) < 4.78 is 0.629. The Bertz CT molecular complexity index is 247. The van der Waals surface area contributed by atoms with Crippen LogP contribution in [0, 0.1) is 6.92 Å². The molecule has 0 atom stereocenters. The van der Waals surface area contributed by atoms with Crippen LogP contribution in [0.15, 0.2) is 6.07 Å². The number of halogens is 2. The minimum absolute atomic E-state index is 0.444. The summed E-state index contributed by atoms with van der Waals surface area (Å²) in [5, 5.41) is -0.444. The van der Waals surface area contributed by atoms with Crippen molar-refractivity contribution < 1.29 is 4.79 Å². The number of rotatable bonds is 1. The van der Waals surface area contributed by atoms with E-state index in [0.29, 0.717) is 9.21 Å². The van der Waals surface area contributed by atoms with E-state index in [1.165, 1.54) is 11.3 Å². The van der Waals surface area contributed by atoms with Gasteiger partial charge in [0.1, 0.15) is 0 Å². The highest BCUT2D eigenvalue weighted by Gasteiger charge is 2.07. The summed E-state index contributed by atoms with van der Waals surface area (Å²) in [6.45, 7) is 1.84. The summed E-state index contributed by atoms with van der Waals surface area (Å²) in [7, 11) is 0. The van der Waals surface area contributed by atoms with Gasteiger partial charge in [-0.25, -0.2) is 0 Å². The van der Waals surface area contributed by atoms with Gasteiger partial charge in [0.25, 0.3) is 5.24 Å². The molecule has 0 unspecified atom stereocenters. The number of hydrogen-bond donors (Lipinski definition) is 0.